The van der Waals surface area contributed by atoms with E-state index in [4.69, 9.17) is 37.3 Å². The predicted octanol–water partition coefficient (Wildman–Crippen LogP) is 35.9. The molecule has 0 bridgehead atoms. The summed E-state index contributed by atoms with van der Waals surface area (Å²) >= 11 is 19.0. The Balaban J connectivity index is 0.000000233. The van der Waals surface area contributed by atoms with E-state index in [9.17, 15) is 114 Å². The van der Waals surface area contributed by atoms with Crippen LogP contribution in [-0.4, -0.2) is 169 Å². The quantitative estimate of drug-likeness (QED) is 0.0212. The first kappa shape index (κ1) is 119. The van der Waals surface area contributed by atoms with Gasteiger partial charge >= 0.3 is 71.6 Å². The highest BCUT2D eigenvalue weighted by Gasteiger charge is 2.92. The average molecular weight is 2290 g/mol. The molecule has 12 aromatic heterocycles. The van der Waals surface area contributed by atoms with Gasteiger partial charge in [0.1, 0.15) is 0 Å². The molecule has 0 aliphatic heterocycles. The molecule has 0 N–H and O–H groups in total. The second-order valence-electron chi connectivity index (χ2n) is 34.7. The van der Waals surface area contributed by atoms with Crippen molar-refractivity contribution in [3.63, 3.8) is 0 Å². The van der Waals surface area contributed by atoms with E-state index in [1.807, 2.05) is 90.7 Å². The van der Waals surface area contributed by atoms with Gasteiger partial charge in [0.2, 0.25) is 0 Å². The van der Waals surface area contributed by atoms with Gasteiger partial charge < -0.3 is 37.3 Å². The molecule has 0 saturated carbocycles. The van der Waals surface area contributed by atoms with Crippen LogP contribution in [0.2, 0.25) is 39.3 Å². The van der Waals surface area contributed by atoms with Crippen LogP contribution in [-0.2, 0) is 76.2 Å². The van der Waals surface area contributed by atoms with Gasteiger partial charge in [0.05, 0.1) is 75.8 Å². The SMILES string of the molecule is COCCOCCOCc1cc(C)sc1-c1ccc(-c2ccc(-c3sc(C)cc3COCCOCCOC)s2)s1.Cc1cc(CCCC(F)(F)C(F)(F)C(F)(F)C(F)(F)C(F)(F)C(F)(F)F)c(-c2ccc(-c3ccc(-c4sc(C)cc4CCCC(F)(F)C(F)(F)C(F)(F)C(F)(F)C(F)(F)C(F)(F)F)s3)s2)s1.Cc1cc(CCO[Si](C)(C)C)c(-c2ccc(-c3ccc(-c4sc(C)cc4CCO[Si](C)(C)C)s3)s2)s1. The summed E-state index contributed by atoms with van der Waals surface area (Å²) in [5.74, 6) is -75.0. The van der Waals surface area contributed by atoms with Crippen LogP contribution in [0.1, 0.15) is 88.3 Å². The molecule has 0 aliphatic rings. The van der Waals surface area contributed by atoms with Gasteiger partial charge in [0.15, 0.2) is 16.6 Å². The normalized spacial score (nSPS) is 13.4. The molecule has 0 radical (unpaired) electrons. The monoisotopic (exact) mass is 2290 g/mol. The number of ether oxygens (including phenoxy) is 6. The lowest BCUT2D eigenvalue weighted by molar-refractivity contribution is -0.440. The Morgan fingerprint density at radius 2 is 0.423 bits per heavy atom. The van der Waals surface area contributed by atoms with Crippen molar-refractivity contribution in [1.29, 1.82) is 0 Å². The third kappa shape index (κ3) is 28.1. The number of hydrogen-bond donors (Lipinski definition) is 0. The van der Waals surface area contributed by atoms with Crippen LogP contribution >= 0.6 is 136 Å². The van der Waals surface area contributed by atoms with E-state index < -0.39 is 127 Å². The molecular weight excluding hydrogens is 2190 g/mol. The Labute approximate surface area is 854 Å². The summed E-state index contributed by atoms with van der Waals surface area (Å²) in [6.45, 7) is 32.8. The lowest BCUT2D eigenvalue weighted by atomic mass is 9.91. The van der Waals surface area contributed by atoms with E-state index in [2.05, 4.69) is 140 Å². The van der Waals surface area contributed by atoms with Gasteiger partial charge in [-0.1, -0.05) is 0 Å². The molecule has 0 unspecified atom stereocenters. The van der Waals surface area contributed by atoms with Crippen molar-refractivity contribution in [3.8, 4) is 87.8 Å². The maximum atomic E-state index is 14.4. The van der Waals surface area contributed by atoms with Crippen LogP contribution in [0, 0.1) is 41.5 Å². The molecule has 142 heavy (non-hydrogen) atoms. The smallest absolute Gasteiger partial charge is 0.417 e. The number of aryl methyl sites for hydroxylation is 8. The third-order valence-electron chi connectivity index (χ3n) is 21.1. The molecule has 786 valence electrons. The van der Waals surface area contributed by atoms with Crippen molar-refractivity contribution in [2.45, 2.75) is 217 Å². The van der Waals surface area contributed by atoms with E-state index >= 15 is 0 Å². The highest BCUT2D eigenvalue weighted by atomic mass is 32.1. The molecule has 48 heteroatoms. The zero-order chi connectivity index (χ0) is 105. The van der Waals surface area contributed by atoms with Crippen LogP contribution in [0.25, 0.3) is 87.8 Å². The molecule has 12 rings (SSSR count). The minimum absolute atomic E-state index is 0.0938. The number of methoxy groups -OCH3 is 2. The fourth-order valence-corrected chi connectivity index (χ4v) is 29.0. The first-order valence-corrected chi connectivity index (χ1v) is 60.1. The zero-order valence-corrected chi connectivity index (χ0v) is 90.3. The molecule has 0 aliphatic carbocycles. The minimum atomic E-state index is -8.03. The maximum Gasteiger partial charge on any atom is 0.460 e. The minimum Gasteiger partial charge on any atom is -0.417 e. The lowest BCUT2D eigenvalue weighted by Gasteiger charge is -2.39. The second-order valence-corrected chi connectivity index (χ2v) is 57.8. The Kier molecular flexibility index (Phi) is 40.0. The topological polar surface area (TPSA) is 73.8 Å². The van der Waals surface area contributed by atoms with E-state index in [0.29, 0.717) is 95.3 Å². The van der Waals surface area contributed by atoms with E-state index in [-0.39, 0.29) is 20.9 Å². The summed E-state index contributed by atoms with van der Waals surface area (Å²) in [7, 11) is 0.388. The van der Waals surface area contributed by atoms with Gasteiger partial charge in [0, 0.05) is 148 Å². The fraction of sp³-hybridized carbons (Fsp3) is 0.489. The van der Waals surface area contributed by atoms with Crippen LogP contribution in [0.3, 0.4) is 0 Å². The summed E-state index contributed by atoms with van der Waals surface area (Å²) in [5.41, 5.74) is 5.52. The van der Waals surface area contributed by atoms with Gasteiger partial charge in [-0.25, -0.2) is 0 Å². The number of rotatable bonds is 49. The Bertz CT molecular complexity index is 5700. The first-order valence-electron chi connectivity index (χ1n) is 43.5. The molecule has 0 saturated heterocycles. The Morgan fingerprint density at radius 1 is 0.225 bits per heavy atom. The molecule has 0 fully saturated rings. The number of hydrogen-bond acceptors (Lipinski definition) is 20. The molecule has 8 nitrogen and oxygen atoms in total. The predicted molar refractivity (Wildman–Crippen MR) is 529 cm³/mol. The summed E-state index contributed by atoms with van der Waals surface area (Å²) in [6, 6.07) is 35.9. The standard InChI is InChI=1S/C36H24F26S4.C30H38O6S4.C28H38O2S4Si2/c1-15-13-17(5-3-11-25(37,38)27(41,42)29(45,46)31(49,50)33(53,54)35(57,58)59)23(63-15)21-9-7-19(65-21)20-8-10-22(66-20)24-18(14-16(2)64-24)6-4-12-26(39,40)28(43,44)30(47,48)32(51,52)34(55,56)36(60,61)62;1-21-17-23(19-35-15-13-33-11-9-31-3)29(37-21)27-7-5-25(39-27)26-6-8-28(40-26)30-24(18-22(2)38-30)20-36-16-14-34-12-10-32-4;1-19-17-21(13-15-29-35(3,4)5)27(31-19)25-11-9-23(33-25)24-10-12-26(34-24)28-22(18-20(2)32-28)14-16-30-36(6,7)8/h7-10,13-14H,3-6,11-12H2,1-2H3;5-8,17-18H,9-16,19-20H2,1-4H3;9-12,17-18H,13-16H2,1-8H3. The van der Waals surface area contributed by atoms with Crippen molar-refractivity contribution >= 4 is 153 Å². The van der Waals surface area contributed by atoms with Crippen LogP contribution < -0.4 is 0 Å². The zero-order valence-electron chi connectivity index (χ0n) is 78.5. The number of halogens is 26. The number of thiophene rings is 12. The van der Waals surface area contributed by atoms with Gasteiger partial charge in [-0.2, -0.15) is 114 Å². The van der Waals surface area contributed by atoms with E-state index in [1.165, 1.54) is 151 Å². The van der Waals surface area contributed by atoms with Crippen molar-refractivity contribution in [2.75, 3.05) is 80.3 Å². The van der Waals surface area contributed by atoms with E-state index in [0.717, 1.165) is 71.4 Å². The van der Waals surface area contributed by atoms with Crippen molar-refractivity contribution in [1.82, 2.24) is 0 Å². The van der Waals surface area contributed by atoms with E-state index in [1.54, 1.807) is 14.2 Å². The molecule has 12 heterocycles. The van der Waals surface area contributed by atoms with Crippen LogP contribution in [0.15, 0.2) is 109 Å². The molecule has 0 amide bonds. The Morgan fingerprint density at radius 3 is 0.648 bits per heavy atom. The fourth-order valence-electron chi connectivity index (χ4n) is 14.1. The third-order valence-corrected chi connectivity index (χ3v) is 38.0. The molecule has 0 aromatic carbocycles. The van der Waals surface area contributed by atoms with Gasteiger partial charge in [0.25, 0.3) is 0 Å². The highest BCUT2D eigenvalue weighted by Crippen LogP contribution is 2.64. The lowest BCUT2D eigenvalue weighted by Crippen LogP contribution is -2.70. The first-order chi connectivity index (χ1) is 65.8. The second kappa shape index (κ2) is 47.9. The molecule has 12 aromatic rings. The van der Waals surface area contributed by atoms with Gasteiger partial charge in [-0.05, 0) is 262 Å². The van der Waals surface area contributed by atoms with Gasteiger partial charge in [-0.15, -0.1) is 136 Å². The molecular formula is C94H100F26O8S12Si2. The summed E-state index contributed by atoms with van der Waals surface area (Å²) in [6.07, 6.45) is -21.7. The van der Waals surface area contributed by atoms with Crippen LogP contribution in [0.5, 0.6) is 0 Å². The van der Waals surface area contributed by atoms with Crippen molar-refractivity contribution in [3.05, 3.63) is 172 Å². The molecule has 0 spiro atoms. The average Bonchev–Trinajstić information content (AvgIpc) is 1.00. The van der Waals surface area contributed by atoms with Crippen molar-refractivity contribution in [2.24, 2.45) is 0 Å². The summed E-state index contributed by atoms with van der Waals surface area (Å²) < 4.78 is 397. The Hall–Kier alpha value is -5.31. The molecule has 0 atom stereocenters. The number of alkyl halides is 26. The summed E-state index contributed by atoms with van der Waals surface area (Å²) in [4.78, 5) is 24.4. The van der Waals surface area contributed by atoms with Crippen molar-refractivity contribution < 1.29 is 151 Å². The largest absolute Gasteiger partial charge is 0.460 e. The van der Waals surface area contributed by atoms with Gasteiger partial charge in [-0.3, -0.25) is 0 Å². The summed E-state index contributed by atoms with van der Waals surface area (Å²) in [5, 5.41) is 0. The highest BCUT2D eigenvalue weighted by molar-refractivity contribution is 7.31. The maximum absolute atomic E-state index is 14.4. The van der Waals surface area contributed by atoms with Crippen LogP contribution in [0.4, 0.5) is 114 Å².